The molecule has 5 rings (SSSR count). The summed E-state index contributed by atoms with van der Waals surface area (Å²) in [5.41, 5.74) is 11.0. The maximum absolute atomic E-state index is 5.63. The average molecular weight is 331 g/mol. The SMILES string of the molecule is Nc1nc2cc(-c3ccc4ncc(N5CCCC5)nc4c3)ccc2o1. The molecule has 0 saturated carbocycles. The molecular weight excluding hydrogens is 314 g/mol. The first-order chi connectivity index (χ1) is 12.3. The Balaban J connectivity index is 1.59. The number of nitrogen functional groups attached to an aromatic ring is 1. The molecule has 2 N–H and O–H groups in total. The smallest absolute Gasteiger partial charge is 0.292 e. The fourth-order valence-electron chi connectivity index (χ4n) is 3.40. The van der Waals surface area contributed by atoms with E-state index in [1.54, 1.807) is 0 Å². The number of benzene rings is 2. The number of oxazole rings is 1. The normalized spacial score (nSPS) is 14.6. The lowest BCUT2D eigenvalue weighted by Crippen LogP contribution is -2.19. The summed E-state index contributed by atoms with van der Waals surface area (Å²) in [6.07, 6.45) is 4.32. The van der Waals surface area contributed by atoms with Crippen molar-refractivity contribution in [2.24, 2.45) is 0 Å². The maximum atomic E-state index is 5.63. The van der Waals surface area contributed by atoms with Crippen molar-refractivity contribution in [2.45, 2.75) is 12.8 Å². The lowest BCUT2D eigenvalue weighted by atomic mass is 10.0. The number of nitrogens with zero attached hydrogens (tertiary/aromatic N) is 4. The molecule has 124 valence electrons. The highest BCUT2D eigenvalue weighted by atomic mass is 16.4. The molecule has 25 heavy (non-hydrogen) atoms. The van der Waals surface area contributed by atoms with E-state index in [0.29, 0.717) is 5.58 Å². The minimum Gasteiger partial charge on any atom is -0.424 e. The molecule has 0 radical (unpaired) electrons. The lowest BCUT2D eigenvalue weighted by Gasteiger charge is -2.16. The van der Waals surface area contributed by atoms with Crippen LogP contribution in [-0.4, -0.2) is 28.0 Å². The van der Waals surface area contributed by atoms with Gasteiger partial charge in [0.15, 0.2) is 5.58 Å². The van der Waals surface area contributed by atoms with Gasteiger partial charge >= 0.3 is 0 Å². The van der Waals surface area contributed by atoms with Gasteiger partial charge in [0.25, 0.3) is 6.01 Å². The molecule has 0 unspecified atom stereocenters. The van der Waals surface area contributed by atoms with E-state index in [2.05, 4.69) is 27.0 Å². The van der Waals surface area contributed by atoms with Gasteiger partial charge in [-0.1, -0.05) is 12.1 Å². The van der Waals surface area contributed by atoms with Crippen LogP contribution in [0.5, 0.6) is 0 Å². The van der Waals surface area contributed by atoms with Crippen LogP contribution in [0.25, 0.3) is 33.3 Å². The highest BCUT2D eigenvalue weighted by Gasteiger charge is 2.14. The molecule has 0 amide bonds. The summed E-state index contributed by atoms with van der Waals surface area (Å²) in [7, 11) is 0. The number of rotatable bonds is 2. The Bertz CT molecular complexity index is 1080. The summed E-state index contributed by atoms with van der Waals surface area (Å²) in [6, 6.07) is 12.2. The van der Waals surface area contributed by atoms with Crippen molar-refractivity contribution in [3.8, 4) is 11.1 Å². The van der Waals surface area contributed by atoms with Gasteiger partial charge in [-0.2, -0.15) is 4.98 Å². The Hall–Kier alpha value is -3.15. The van der Waals surface area contributed by atoms with Crippen LogP contribution >= 0.6 is 0 Å². The molecule has 1 saturated heterocycles. The quantitative estimate of drug-likeness (QED) is 0.604. The summed E-state index contributed by atoms with van der Waals surface area (Å²) >= 11 is 0. The standard InChI is InChI=1S/C19H17N5O/c20-19-23-16-10-13(4-6-17(16)25-19)12-3-5-14-15(9-12)22-18(11-21-14)24-7-1-2-8-24/h3-6,9-11H,1-2,7-8H2,(H2,20,23). The van der Waals surface area contributed by atoms with E-state index >= 15 is 0 Å². The fourth-order valence-corrected chi connectivity index (χ4v) is 3.40. The second-order valence-corrected chi connectivity index (χ2v) is 6.36. The van der Waals surface area contributed by atoms with Crippen molar-refractivity contribution in [1.29, 1.82) is 0 Å². The average Bonchev–Trinajstić information content (AvgIpc) is 3.28. The molecule has 3 heterocycles. The number of fused-ring (bicyclic) bond motifs is 2. The minimum atomic E-state index is 0.187. The third kappa shape index (κ3) is 2.46. The van der Waals surface area contributed by atoms with Crippen molar-refractivity contribution >= 4 is 34.0 Å². The highest BCUT2D eigenvalue weighted by Crippen LogP contribution is 2.28. The number of aromatic nitrogens is 3. The van der Waals surface area contributed by atoms with Crippen LogP contribution in [0.15, 0.2) is 47.0 Å². The minimum absolute atomic E-state index is 0.187. The Morgan fingerprint density at radius 2 is 1.64 bits per heavy atom. The third-order valence-corrected chi connectivity index (χ3v) is 4.70. The van der Waals surface area contributed by atoms with Gasteiger partial charge in [0.05, 0.1) is 17.2 Å². The van der Waals surface area contributed by atoms with Crippen molar-refractivity contribution < 1.29 is 4.42 Å². The van der Waals surface area contributed by atoms with Crippen molar-refractivity contribution in [3.63, 3.8) is 0 Å². The highest BCUT2D eigenvalue weighted by molar-refractivity contribution is 5.86. The molecule has 0 aliphatic carbocycles. The number of hydrogen-bond acceptors (Lipinski definition) is 6. The van der Waals surface area contributed by atoms with Crippen LogP contribution in [0.3, 0.4) is 0 Å². The van der Waals surface area contributed by atoms with Crippen molar-refractivity contribution in [2.75, 3.05) is 23.7 Å². The first-order valence-electron chi connectivity index (χ1n) is 8.44. The lowest BCUT2D eigenvalue weighted by molar-refractivity contribution is 0.626. The van der Waals surface area contributed by atoms with Gasteiger partial charge in [0, 0.05) is 13.1 Å². The van der Waals surface area contributed by atoms with E-state index in [-0.39, 0.29) is 6.01 Å². The summed E-state index contributed by atoms with van der Waals surface area (Å²) < 4.78 is 5.34. The Morgan fingerprint density at radius 1 is 0.880 bits per heavy atom. The van der Waals surface area contributed by atoms with Crippen molar-refractivity contribution in [3.05, 3.63) is 42.6 Å². The van der Waals surface area contributed by atoms with Gasteiger partial charge in [-0.3, -0.25) is 4.98 Å². The van der Waals surface area contributed by atoms with E-state index in [1.807, 2.05) is 30.5 Å². The Labute approximate surface area is 144 Å². The Morgan fingerprint density at radius 3 is 2.48 bits per heavy atom. The maximum Gasteiger partial charge on any atom is 0.292 e. The van der Waals surface area contributed by atoms with Crippen LogP contribution in [0.1, 0.15) is 12.8 Å². The monoisotopic (exact) mass is 331 g/mol. The molecule has 1 fully saturated rings. The summed E-state index contributed by atoms with van der Waals surface area (Å²) in [5.74, 6) is 0.960. The predicted molar refractivity (Wildman–Crippen MR) is 98.4 cm³/mol. The van der Waals surface area contributed by atoms with Crippen LogP contribution in [0, 0.1) is 0 Å². The van der Waals surface area contributed by atoms with Crippen LogP contribution in [-0.2, 0) is 0 Å². The van der Waals surface area contributed by atoms with Crippen LogP contribution in [0.2, 0.25) is 0 Å². The molecule has 0 atom stereocenters. The second kappa shape index (κ2) is 5.44. The number of anilines is 2. The molecule has 1 aliphatic rings. The van der Waals surface area contributed by atoms with Gasteiger partial charge in [0.2, 0.25) is 0 Å². The largest absolute Gasteiger partial charge is 0.424 e. The molecule has 4 aromatic rings. The molecular formula is C19H17N5O. The summed E-state index contributed by atoms with van der Waals surface area (Å²) in [4.78, 5) is 15.9. The van der Waals surface area contributed by atoms with E-state index in [9.17, 15) is 0 Å². The first-order valence-corrected chi connectivity index (χ1v) is 8.44. The fraction of sp³-hybridized carbons (Fsp3) is 0.211. The molecule has 6 heteroatoms. The Kier molecular flexibility index (Phi) is 3.09. The van der Waals surface area contributed by atoms with Gasteiger partial charge in [-0.25, -0.2) is 4.98 Å². The first kappa shape index (κ1) is 14.2. The third-order valence-electron chi connectivity index (χ3n) is 4.70. The zero-order valence-electron chi connectivity index (χ0n) is 13.6. The zero-order chi connectivity index (χ0) is 16.8. The second-order valence-electron chi connectivity index (χ2n) is 6.36. The van der Waals surface area contributed by atoms with Crippen LogP contribution in [0.4, 0.5) is 11.8 Å². The van der Waals surface area contributed by atoms with Gasteiger partial charge in [0.1, 0.15) is 11.3 Å². The summed E-state index contributed by atoms with van der Waals surface area (Å²) in [6.45, 7) is 2.12. The van der Waals surface area contributed by atoms with Gasteiger partial charge in [-0.15, -0.1) is 0 Å². The topological polar surface area (TPSA) is 81.1 Å². The molecule has 2 aromatic heterocycles. The molecule has 2 aromatic carbocycles. The zero-order valence-corrected chi connectivity index (χ0v) is 13.6. The van der Waals surface area contributed by atoms with E-state index in [1.165, 1.54) is 12.8 Å². The van der Waals surface area contributed by atoms with Gasteiger partial charge in [-0.05, 0) is 48.2 Å². The van der Waals surface area contributed by atoms with E-state index in [4.69, 9.17) is 15.1 Å². The van der Waals surface area contributed by atoms with Crippen LogP contribution < -0.4 is 10.6 Å². The predicted octanol–water partition coefficient (Wildman–Crippen LogP) is 3.62. The number of hydrogen-bond donors (Lipinski definition) is 1. The number of nitrogens with two attached hydrogens (primary N) is 1. The molecule has 0 spiro atoms. The summed E-state index contributed by atoms with van der Waals surface area (Å²) in [5, 5.41) is 0. The molecule has 1 aliphatic heterocycles. The van der Waals surface area contributed by atoms with Gasteiger partial charge < -0.3 is 15.1 Å². The van der Waals surface area contributed by atoms with E-state index in [0.717, 1.165) is 46.6 Å². The molecule has 0 bridgehead atoms. The van der Waals surface area contributed by atoms with Crippen molar-refractivity contribution in [1.82, 2.24) is 15.0 Å². The molecule has 6 nitrogen and oxygen atoms in total. The van der Waals surface area contributed by atoms with E-state index < -0.39 is 0 Å².